The molecule has 1 aliphatic heterocycles. The highest BCUT2D eigenvalue weighted by molar-refractivity contribution is 5.85. The Morgan fingerprint density at radius 3 is 2.62 bits per heavy atom. The minimum absolute atomic E-state index is 0.132. The second kappa shape index (κ2) is 10.4. The fraction of sp³-hybridized carbons (Fsp3) is 0.417. The van der Waals surface area contributed by atoms with Gasteiger partial charge in [0.1, 0.15) is 24.2 Å². The number of hydrogen-bond acceptors (Lipinski definition) is 8. The second-order valence-electron chi connectivity index (χ2n) is 8.21. The van der Waals surface area contributed by atoms with Crippen molar-refractivity contribution in [1.82, 2.24) is 19.5 Å². The maximum atomic E-state index is 12.1. The Hall–Kier alpha value is -3.84. The van der Waals surface area contributed by atoms with Gasteiger partial charge in [0, 0.05) is 50.6 Å². The molecule has 0 bridgehead atoms. The number of anilines is 1. The summed E-state index contributed by atoms with van der Waals surface area (Å²) in [6.07, 6.45) is 4.68. The molecule has 0 radical (unpaired) electrons. The molecule has 4 rings (SSSR count). The van der Waals surface area contributed by atoms with Crippen molar-refractivity contribution in [3.63, 3.8) is 0 Å². The van der Waals surface area contributed by atoms with E-state index in [1.54, 1.807) is 35.1 Å². The maximum absolute atomic E-state index is 12.1. The van der Waals surface area contributed by atoms with Crippen LogP contribution in [0.4, 0.5) is 10.6 Å². The van der Waals surface area contributed by atoms with Gasteiger partial charge in [-0.15, -0.1) is 0 Å². The lowest BCUT2D eigenvalue weighted by molar-refractivity contribution is 0.0751. The summed E-state index contributed by atoms with van der Waals surface area (Å²) in [5.74, 6) is 1.46. The molecule has 3 aromatic rings. The molecule has 1 aliphatic rings. The third-order valence-electron chi connectivity index (χ3n) is 5.52. The van der Waals surface area contributed by atoms with E-state index in [9.17, 15) is 10.1 Å². The van der Waals surface area contributed by atoms with Crippen LogP contribution in [-0.4, -0.2) is 78.2 Å². The van der Waals surface area contributed by atoms with Gasteiger partial charge in [-0.05, 0) is 32.0 Å². The van der Waals surface area contributed by atoms with Gasteiger partial charge in [0.2, 0.25) is 0 Å². The van der Waals surface area contributed by atoms with Crippen molar-refractivity contribution in [3.05, 3.63) is 42.4 Å². The first-order valence-electron chi connectivity index (χ1n) is 11.2. The Morgan fingerprint density at radius 2 is 1.97 bits per heavy atom. The number of aromatic nitrogens is 3. The molecule has 1 fully saturated rings. The normalized spacial score (nSPS) is 13.9. The predicted octanol–water partition coefficient (Wildman–Crippen LogP) is 2.96. The Morgan fingerprint density at radius 1 is 1.18 bits per heavy atom. The number of nitriles is 1. The lowest BCUT2D eigenvalue weighted by Crippen LogP contribution is -2.49. The minimum Gasteiger partial charge on any atom is -0.490 e. The number of carbonyl (C=O) groups is 1. The number of nitrogens with zero attached hydrogens (tertiary/aromatic N) is 6. The Kier molecular flexibility index (Phi) is 7.13. The van der Waals surface area contributed by atoms with E-state index in [4.69, 9.17) is 14.2 Å². The van der Waals surface area contributed by atoms with Gasteiger partial charge in [-0.2, -0.15) is 10.4 Å². The van der Waals surface area contributed by atoms with E-state index in [1.165, 1.54) is 0 Å². The standard InChI is InChI=1S/C24H28N6O4/c1-17(2)34-24(31)29-8-6-28(7-9-29)22-5-4-18(14-26-22)21-12-20(33-11-10-32-3)16-30-23(21)19(13-25)15-27-30/h4-5,12,14-17H,6-11H2,1-3H3. The highest BCUT2D eigenvalue weighted by atomic mass is 16.6. The van der Waals surface area contributed by atoms with Gasteiger partial charge >= 0.3 is 6.09 Å². The van der Waals surface area contributed by atoms with Crippen molar-refractivity contribution < 1.29 is 19.0 Å². The van der Waals surface area contributed by atoms with Crippen LogP contribution in [0.25, 0.3) is 16.6 Å². The van der Waals surface area contributed by atoms with Crippen LogP contribution >= 0.6 is 0 Å². The third-order valence-corrected chi connectivity index (χ3v) is 5.52. The largest absolute Gasteiger partial charge is 0.490 e. The van der Waals surface area contributed by atoms with Crippen LogP contribution in [0.1, 0.15) is 19.4 Å². The number of amides is 1. The second-order valence-corrected chi connectivity index (χ2v) is 8.21. The first kappa shape index (κ1) is 23.3. The zero-order valence-electron chi connectivity index (χ0n) is 19.6. The quantitative estimate of drug-likeness (QED) is 0.492. The van der Waals surface area contributed by atoms with Gasteiger partial charge in [0.15, 0.2) is 0 Å². The van der Waals surface area contributed by atoms with Crippen molar-refractivity contribution >= 4 is 17.4 Å². The molecular formula is C24H28N6O4. The molecule has 3 aromatic heterocycles. The molecule has 10 heteroatoms. The van der Waals surface area contributed by atoms with Gasteiger partial charge in [-0.1, -0.05) is 0 Å². The van der Waals surface area contributed by atoms with Gasteiger partial charge < -0.3 is 24.0 Å². The number of piperazine rings is 1. The predicted molar refractivity (Wildman–Crippen MR) is 126 cm³/mol. The van der Waals surface area contributed by atoms with Crippen LogP contribution in [0, 0.1) is 11.3 Å². The van der Waals surface area contributed by atoms with E-state index in [1.807, 2.05) is 32.0 Å². The summed E-state index contributed by atoms with van der Waals surface area (Å²) in [6, 6.07) is 8.03. The van der Waals surface area contributed by atoms with Crippen LogP contribution in [0.2, 0.25) is 0 Å². The van der Waals surface area contributed by atoms with E-state index in [2.05, 4.69) is 21.1 Å². The number of ether oxygens (including phenoxy) is 3. The molecule has 0 saturated carbocycles. The molecule has 0 aliphatic carbocycles. The lowest BCUT2D eigenvalue weighted by atomic mass is 10.1. The Labute approximate surface area is 198 Å². The topological polar surface area (TPSA) is 105 Å². The molecule has 178 valence electrons. The Balaban J connectivity index is 1.53. The van der Waals surface area contributed by atoms with Gasteiger partial charge in [0.05, 0.1) is 36.2 Å². The number of fused-ring (bicyclic) bond motifs is 1. The van der Waals surface area contributed by atoms with Crippen LogP contribution in [0.5, 0.6) is 5.75 Å². The highest BCUT2D eigenvalue weighted by Gasteiger charge is 2.23. The third kappa shape index (κ3) is 5.05. The fourth-order valence-electron chi connectivity index (χ4n) is 3.85. The molecule has 4 heterocycles. The van der Waals surface area contributed by atoms with Crippen molar-refractivity contribution in [2.24, 2.45) is 0 Å². The Bertz CT molecular complexity index is 1180. The summed E-state index contributed by atoms with van der Waals surface area (Å²) < 4.78 is 17.8. The zero-order valence-corrected chi connectivity index (χ0v) is 19.6. The van der Waals surface area contributed by atoms with Gasteiger partial charge in [-0.25, -0.2) is 14.3 Å². The van der Waals surface area contributed by atoms with Gasteiger partial charge in [0.25, 0.3) is 0 Å². The van der Waals surface area contributed by atoms with Crippen LogP contribution in [-0.2, 0) is 9.47 Å². The summed E-state index contributed by atoms with van der Waals surface area (Å²) in [5, 5.41) is 13.9. The first-order chi connectivity index (χ1) is 16.5. The maximum Gasteiger partial charge on any atom is 0.410 e. The number of rotatable bonds is 7. The summed E-state index contributed by atoms with van der Waals surface area (Å²) in [6.45, 7) is 7.07. The van der Waals surface area contributed by atoms with E-state index in [0.29, 0.717) is 56.2 Å². The van der Waals surface area contributed by atoms with E-state index < -0.39 is 0 Å². The molecule has 0 N–H and O–H groups in total. The molecule has 0 aromatic carbocycles. The summed E-state index contributed by atoms with van der Waals surface area (Å²) in [5.41, 5.74) is 2.84. The lowest BCUT2D eigenvalue weighted by Gasteiger charge is -2.35. The molecule has 10 nitrogen and oxygen atoms in total. The summed E-state index contributed by atoms with van der Waals surface area (Å²) >= 11 is 0. The smallest absolute Gasteiger partial charge is 0.410 e. The molecule has 1 amide bonds. The highest BCUT2D eigenvalue weighted by Crippen LogP contribution is 2.31. The molecule has 0 atom stereocenters. The van der Waals surface area contributed by atoms with E-state index in [0.717, 1.165) is 16.9 Å². The fourth-order valence-corrected chi connectivity index (χ4v) is 3.85. The molecular weight excluding hydrogens is 436 g/mol. The van der Waals surface area contributed by atoms with Crippen LogP contribution in [0.15, 0.2) is 36.8 Å². The van der Waals surface area contributed by atoms with Crippen molar-refractivity contribution in [2.75, 3.05) is 51.4 Å². The SMILES string of the molecule is COCCOc1cc(-c2ccc(N3CCN(C(=O)OC(C)C)CC3)nc2)c2c(C#N)cnn2c1. The number of carbonyl (C=O) groups excluding carboxylic acids is 1. The zero-order chi connectivity index (χ0) is 24.1. The average molecular weight is 465 g/mol. The number of methoxy groups -OCH3 is 1. The average Bonchev–Trinajstić information content (AvgIpc) is 3.27. The van der Waals surface area contributed by atoms with Crippen LogP contribution in [0.3, 0.4) is 0 Å². The number of hydrogen-bond donors (Lipinski definition) is 0. The van der Waals surface area contributed by atoms with Crippen molar-refractivity contribution in [2.45, 2.75) is 20.0 Å². The van der Waals surface area contributed by atoms with E-state index in [-0.39, 0.29) is 12.2 Å². The molecule has 0 spiro atoms. The van der Waals surface area contributed by atoms with E-state index >= 15 is 0 Å². The minimum atomic E-state index is -0.274. The van der Waals surface area contributed by atoms with Crippen molar-refractivity contribution in [3.8, 4) is 22.9 Å². The van der Waals surface area contributed by atoms with Gasteiger partial charge in [-0.3, -0.25) is 0 Å². The van der Waals surface area contributed by atoms with Crippen LogP contribution < -0.4 is 9.64 Å². The summed E-state index contributed by atoms with van der Waals surface area (Å²) in [7, 11) is 1.62. The number of pyridine rings is 2. The molecule has 1 saturated heterocycles. The molecule has 34 heavy (non-hydrogen) atoms. The monoisotopic (exact) mass is 464 g/mol. The molecule has 0 unspecified atom stereocenters. The first-order valence-corrected chi connectivity index (χ1v) is 11.2. The van der Waals surface area contributed by atoms with Crippen molar-refractivity contribution in [1.29, 1.82) is 5.26 Å². The summed E-state index contributed by atoms with van der Waals surface area (Å²) in [4.78, 5) is 20.7.